The Morgan fingerprint density at radius 2 is 1.91 bits per heavy atom. The zero-order valence-electron chi connectivity index (χ0n) is 13.0. The second-order valence-corrected chi connectivity index (χ2v) is 4.85. The van der Waals surface area contributed by atoms with Crippen LogP contribution in [0.25, 0.3) is 0 Å². The molecule has 0 unspecified atom stereocenters. The van der Waals surface area contributed by atoms with Gasteiger partial charge in [0.25, 0.3) is 5.91 Å². The number of ether oxygens (including phenoxy) is 2. The molecule has 2 aromatic rings. The number of carbonyl (C=O) groups is 2. The molecule has 6 nitrogen and oxygen atoms in total. The Hall–Kier alpha value is -2.89. The van der Waals surface area contributed by atoms with Gasteiger partial charge in [0.1, 0.15) is 5.75 Å². The fourth-order valence-corrected chi connectivity index (χ4v) is 1.86. The number of nitrogens with zero attached hydrogens (tertiary/aromatic N) is 1. The summed E-state index contributed by atoms with van der Waals surface area (Å²) in [6.45, 7) is 1.77. The van der Waals surface area contributed by atoms with E-state index in [2.05, 4.69) is 10.3 Å². The van der Waals surface area contributed by atoms with Crippen LogP contribution in [0.1, 0.15) is 22.8 Å². The SMILES string of the molecule is COc1cc(CNC(=O)COc2ccc(C(C)=O)cc2)ccn1. The number of rotatable bonds is 7. The van der Waals surface area contributed by atoms with E-state index in [9.17, 15) is 9.59 Å². The molecule has 6 heteroatoms. The van der Waals surface area contributed by atoms with Gasteiger partial charge in [-0.25, -0.2) is 4.98 Å². The van der Waals surface area contributed by atoms with Crippen LogP contribution in [0.4, 0.5) is 0 Å². The molecule has 0 aliphatic carbocycles. The first-order valence-corrected chi connectivity index (χ1v) is 7.08. The molecular weight excluding hydrogens is 296 g/mol. The van der Waals surface area contributed by atoms with E-state index >= 15 is 0 Å². The molecule has 0 spiro atoms. The molecule has 0 aliphatic rings. The quantitative estimate of drug-likeness (QED) is 0.791. The van der Waals surface area contributed by atoms with Crippen molar-refractivity contribution in [3.8, 4) is 11.6 Å². The number of Topliss-reactive ketones (excluding diaryl/α,β-unsaturated/α-hetero) is 1. The lowest BCUT2D eigenvalue weighted by Crippen LogP contribution is -2.28. The van der Waals surface area contributed by atoms with Gasteiger partial charge in [0.2, 0.25) is 5.88 Å². The zero-order chi connectivity index (χ0) is 16.7. The van der Waals surface area contributed by atoms with E-state index in [1.54, 1.807) is 42.6 Å². The number of benzene rings is 1. The minimum absolute atomic E-state index is 0.0120. The highest BCUT2D eigenvalue weighted by Gasteiger charge is 2.05. The molecule has 1 N–H and O–H groups in total. The molecule has 2 rings (SSSR count). The zero-order valence-corrected chi connectivity index (χ0v) is 13.0. The largest absolute Gasteiger partial charge is 0.484 e. The van der Waals surface area contributed by atoms with Crippen molar-refractivity contribution in [2.24, 2.45) is 0 Å². The number of hydrogen-bond acceptors (Lipinski definition) is 5. The van der Waals surface area contributed by atoms with Crippen molar-refractivity contribution in [3.05, 3.63) is 53.7 Å². The number of hydrogen-bond donors (Lipinski definition) is 1. The number of amides is 1. The van der Waals surface area contributed by atoms with Crippen LogP contribution in [0.3, 0.4) is 0 Å². The summed E-state index contributed by atoms with van der Waals surface area (Å²) in [4.78, 5) is 26.9. The van der Waals surface area contributed by atoms with Crippen molar-refractivity contribution < 1.29 is 19.1 Å². The average molecular weight is 314 g/mol. The number of methoxy groups -OCH3 is 1. The van der Waals surface area contributed by atoms with Gasteiger partial charge in [-0.1, -0.05) is 0 Å². The van der Waals surface area contributed by atoms with Crippen LogP contribution in [-0.2, 0) is 11.3 Å². The van der Waals surface area contributed by atoms with E-state index in [4.69, 9.17) is 9.47 Å². The second-order valence-electron chi connectivity index (χ2n) is 4.85. The highest BCUT2D eigenvalue weighted by Crippen LogP contribution is 2.12. The number of ketones is 1. The number of aromatic nitrogens is 1. The first kappa shape index (κ1) is 16.5. The summed E-state index contributed by atoms with van der Waals surface area (Å²) >= 11 is 0. The Balaban J connectivity index is 1.79. The summed E-state index contributed by atoms with van der Waals surface area (Å²) in [5.74, 6) is 0.785. The third kappa shape index (κ3) is 5.10. The molecule has 23 heavy (non-hydrogen) atoms. The molecule has 1 aromatic carbocycles. The van der Waals surface area contributed by atoms with E-state index < -0.39 is 0 Å². The lowest BCUT2D eigenvalue weighted by atomic mass is 10.1. The summed E-state index contributed by atoms with van der Waals surface area (Å²) in [7, 11) is 1.54. The van der Waals surface area contributed by atoms with Gasteiger partial charge in [-0.15, -0.1) is 0 Å². The molecule has 0 aliphatic heterocycles. The molecule has 0 fully saturated rings. The monoisotopic (exact) mass is 314 g/mol. The Morgan fingerprint density at radius 1 is 1.17 bits per heavy atom. The van der Waals surface area contributed by atoms with Crippen molar-refractivity contribution in [2.75, 3.05) is 13.7 Å². The van der Waals surface area contributed by atoms with Gasteiger partial charge in [0, 0.05) is 24.4 Å². The van der Waals surface area contributed by atoms with Crippen molar-refractivity contribution in [1.29, 1.82) is 0 Å². The molecule has 0 radical (unpaired) electrons. The molecular formula is C17H18N2O4. The van der Waals surface area contributed by atoms with Gasteiger partial charge in [-0.3, -0.25) is 9.59 Å². The topological polar surface area (TPSA) is 77.5 Å². The van der Waals surface area contributed by atoms with Crippen LogP contribution in [0, 0.1) is 0 Å². The van der Waals surface area contributed by atoms with E-state index in [-0.39, 0.29) is 18.3 Å². The van der Waals surface area contributed by atoms with Crippen molar-refractivity contribution in [1.82, 2.24) is 10.3 Å². The Bertz CT molecular complexity index is 683. The summed E-state index contributed by atoms with van der Waals surface area (Å²) in [5.41, 5.74) is 1.49. The standard InChI is InChI=1S/C17H18N2O4/c1-12(20)14-3-5-15(6-4-14)23-11-16(21)19-10-13-7-8-18-17(9-13)22-2/h3-9H,10-11H2,1-2H3,(H,19,21). The van der Waals surface area contributed by atoms with Gasteiger partial charge in [0.15, 0.2) is 12.4 Å². The number of carbonyl (C=O) groups excluding carboxylic acids is 2. The predicted octanol–water partition coefficient (Wildman–Crippen LogP) is 1.99. The lowest BCUT2D eigenvalue weighted by molar-refractivity contribution is -0.123. The van der Waals surface area contributed by atoms with E-state index in [0.717, 1.165) is 5.56 Å². The van der Waals surface area contributed by atoms with Crippen LogP contribution in [0.15, 0.2) is 42.6 Å². The van der Waals surface area contributed by atoms with Crippen LogP contribution >= 0.6 is 0 Å². The maximum atomic E-state index is 11.8. The number of pyridine rings is 1. The minimum Gasteiger partial charge on any atom is -0.484 e. The van der Waals surface area contributed by atoms with Crippen LogP contribution in [0.5, 0.6) is 11.6 Å². The van der Waals surface area contributed by atoms with E-state index in [0.29, 0.717) is 23.7 Å². The molecule has 1 heterocycles. The summed E-state index contributed by atoms with van der Waals surface area (Å²) in [5, 5.41) is 2.75. The minimum atomic E-state index is -0.239. The first-order chi connectivity index (χ1) is 11.1. The average Bonchev–Trinajstić information content (AvgIpc) is 2.58. The van der Waals surface area contributed by atoms with Gasteiger partial charge in [0.05, 0.1) is 7.11 Å². The Morgan fingerprint density at radius 3 is 2.57 bits per heavy atom. The number of nitrogens with one attached hydrogen (secondary N) is 1. The summed E-state index contributed by atoms with van der Waals surface area (Å²) in [6, 6.07) is 10.2. The Labute approximate surface area is 134 Å². The molecule has 0 saturated carbocycles. The molecule has 0 atom stereocenters. The molecule has 0 bridgehead atoms. The van der Waals surface area contributed by atoms with Gasteiger partial charge in [-0.2, -0.15) is 0 Å². The van der Waals surface area contributed by atoms with E-state index in [1.807, 2.05) is 0 Å². The fourth-order valence-electron chi connectivity index (χ4n) is 1.86. The summed E-state index contributed by atoms with van der Waals surface area (Å²) in [6.07, 6.45) is 1.62. The van der Waals surface area contributed by atoms with Crippen LogP contribution in [0.2, 0.25) is 0 Å². The summed E-state index contributed by atoms with van der Waals surface area (Å²) < 4.78 is 10.4. The van der Waals surface area contributed by atoms with Gasteiger partial charge >= 0.3 is 0 Å². The highest BCUT2D eigenvalue weighted by molar-refractivity contribution is 5.94. The van der Waals surface area contributed by atoms with Gasteiger partial charge in [-0.05, 0) is 42.8 Å². The van der Waals surface area contributed by atoms with Crippen LogP contribution < -0.4 is 14.8 Å². The Kier molecular flexibility index (Phi) is 5.68. The highest BCUT2D eigenvalue weighted by atomic mass is 16.5. The molecule has 120 valence electrons. The third-order valence-electron chi connectivity index (χ3n) is 3.13. The first-order valence-electron chi connectivity index (χ1n) is 7.08. The molecule has 0 saturated heterocycles. The van der Waals surface area contributed by atoms with Gasteiger partial charge < -0.3 is 14.8 Å². The maximum Gasteiger partial charge on any atom is 0.258 e. The van der Waals surface area contributed by atoms with Crippen LogP contribution in [-0.4, -0.2) is 30.4 Å². The lowest BCUT2D eigenvalue weighted by Gasteiger charge is -2.08. The smallest absolute Gasteiger partial charge is 0.258 e. The maximum absolute atomic E-state index is 11.8. The predicted molar refractivity (Wildman–Crippen MR) is 84.6 cm³/mol. The third-order valence-corrected chi connectivity index (χ3v) is 3.13. The molecule has 1 aromatic heterocycles. The van der Waals surface area contributed by atoms with Crippen molar-refractivity contribution in [3.63, 3.8) is 0 Å². The van der Waals surface area contributed by atoms with Crippen molar-refractivity contribution >= 4 is 11.7 Å². The second kappa shape index (κ2) is 7.93. The van der Waals surface area contributed by atoms with E-state index in [1.165, 1.54) is 14.0 Å². The molecule has 1 amide bonds. The fraction of sp³-hybridized carbons (Fsp3) is 0.235. The van der Waals surface area contributed by atoms with Crippen molar-refractivity contribution in [2.45, 2.75) is 13.5 Å². The normalized spacial score (nSPS) is 10.0.